The Labute approximate surface area is 228 Å². The molecule has 2 aromatic carbocycles. The monoisotopic (exact) mass is 596 g/mol. The number of hydrogen-bond donors (Lipinski definition) is 1. The number of aromatic nitrogens is 4. The topological polar surface area (TPSA) is 68.1 Å². The van der Waals surface area contributed by atoms with Gasteiger partial charge in [0.2, 0.25) is 0 Å². The Morgan fingerprint density at radius 1 is 0.854 bits per heavy atom. The van der Waals surface area contributed by atoms with Crippen molar-refractivity contribution >= 4 is 5.95 Å². The van der Waals surface area contributed by atoms with E-state index in [0.717, 1.165) is 16.9 Å². The molecule has 1 N–H and O–H groups in total. The summed E-state index contributed by atoms with van der Waals surface area (Å²) in [6.45, 7) is 0.0133. The number of hydrogen-bond acceptors (Lipinski definition) is 6. The average molecular weight is 596 g/mol. The van der Waals surface area contributed by atoms with Crippen LogP contribution in [-0.4, -0.2) is 40.4 Å². The van der Waals surface area contributed by atoms with E-state index in [0.29, 0.717) is 43.6 Å². The highest BCUT2D eigenvalue weighted by Gasteiger charge is 2.39. The molecule has 1 fully saturated rings. The molecule has 7 nitrogen and oxygen atoms in total. The fraction of sp³-hybridized carbons (Fsp3) is 0.480. The SMILES string of the molecule is COC1(c2ccc(C(F)(F)F)cc2CN(Cc2cc(C(F)(F)F)cc(C(F)(F)F)c2)c2nnn(C)n2)CCNCC1. The molecular weight excluding hydrogens is 571 g/mol. The van der Waals surface area contributed by atoms with Crippen molar-refractivity contribution in [1.29, 1.82) is 0 Å². The molecule has 1 aliphatic rings. The normalized spacial score (nSPS) is 16.2. The molecule has 0 saturated carbocycles. The van der Waals surface area contributed by atoms with Gasteiger partial charge in [-0.2, -0.15) is 44.3 Å². The first kappa shape index (κ1) is 30.6. The molecule has 0 atom stereocenters. The predicted molar refractivity (Wildman–Crippen MR) is 127 cm³/mol. The Kier molecular flexibility index (Phi) is 8.28. The van der Waals surface area contributed by atoms with Crippen molar-refractivity contribution < 1.29 is 44.3 Å². The van der Waals surface area contributed by atoms with Crippen LogP contribution in [0, 0.1) is 0 Å². The van der Waals surface area contributed by atoms with Crippen LogP contribution in [0.5, 0.6) is 0 Å². The van der Waals surface area contributed by atoms with E-state index < -0.39 is 59.5 Å². The molecule has 0 radical (unpaired) electrons. The van der Waals surface area contributed by atoms with Crippen LogP contribution < -0.4 is 10.2 Å². The molecule has 0 aliphatic carbocycles. The fourth-order valence-electron chi connectivity index (χ4n) is 4.89. The maximum Gasteiger partial charge on any atom is 0.416 e. The van der Waals surface area contributed by atoms with Crippen molar-refractivity contribution in [3.63, 3.8) is 0 Å². The Bertz CT molecular complexity index is 1330. The van der Waals surface area contributed by atoms with Crippen LogP contribution in [-0.2, 0) is 49.0 Å². The Morgan fingerprint density at radius 3 is 1.93 bits per heavy atom. The van der Waals surface area contributed by atoms with Crippen molar-refractivity contribution in [3.05, 3.63) is 69.8 Å². The summed E-state index contributed by atoms with van der Waals surface area (Å²) in [5, 5.41) is 14.7. The standard InChI is InChI=1S/C25H25F9N6O/c1-39-37-21(36-38-39)40(13-15-9-18(24(29,30)31)12-19(10-15)25(32,33)34)14-16-11-17(23(26,27)28)3-4-20(16)22(41-2)5-7-35-8-6-22/h3-4,9-12,35H,5-8,13-14H2,1-2H3. The summed E-state index contributed by atoms with van der Waals surface area (Å²) < 4.78 is 128. The predicted octanol–water partition coefficient (Wildman–Crippen LogP) is 5.70. The summed E-state index contributed by atoms with van der Waals surface area (Å²) in [7, 11) is 2.81. The molecule has 3 aromatic rings. The summed E-state index contributed by atoms with van der Waals surface area (Å²) >= 11 is 0. The molecule has 0 amide bonds. The minimum atomic E-state index is -5.08. The van der Waals surface area contributed by atoms with E-state index in [1.807, 2.05) is 0 Å². The maximum atomic E-state index is 13.7. The smallest absolute Gasteiger partial charge is 0.373 e. The summed E-state index contributed by atoms with van der Waals surface area (Å²) in [4.78, 5) is 2.18. The van der Waals surface area contributed by atoms with Gasteiger partial charge < -0.3 is 15.0 Å². The first-order valence-corrected chi connectivity index (χ1v) is 12.3. The van der Waals surface area contributed by atoms with E-state index >= 15 is 0 Å². The highest BCUT2D eigenvalue weighted by Crippen LogP contribution is 2.41. The molecule has 1 saturated heterocycles. The van der Waals surface area contributed by atoms with Crippen molar-refractivity contribution in [3.8, 4) is 0 Å². The largest absolute Gasteiger partial charge is 0.416 e. The van der Waals surface area contributed by atoms with E-state index in [2.05, 4.69) is 20.7 Å². The summed E-state index contributed by atoms with van der Waals surface area (Å²) in [5.41, 5.74) is -4.92. The first-order valence-electron chi connectivity index (χ1n) is 12.3. The van der Waals surface area contributed by atoms with Crippen LogP contribution >= 0.6 is 0 Å². The van der Waals surface area contributed by atoms with Crippen LogP contribution in [0.25, 0.3) is 0 Å². The number of alkyl halides is 9. The lowest BCUT2D eigenvalue weighted by Gasteiger charge is -2.39. The second kappa shape index (κ2) is 11.1. The van der Waals surface area contributed by atoms with E-state index in [1.54, 1.807) is 0 Å². The zero-order chi connectivity index (χ0) is 30.2. The van der Waals surface area contributed by atoms with Crippen molar-refractivity contribution in [2.75, 3.05) is 25.1 Å². The lowest BCUT2D eigenvalue weighted by molar-refractivity contribution is -0.143. The van der Waals surface area contributed by atoms with Crippen LogP contribution in [0.2, 0.25) is 0 Å². The van der Waals surface area contributed by atoms with Crippen molar-refractivity contribution in [2.45, 2.75) is 50.1 Å². The Balaban J connectivity index is 1.84. The third-order valence-corrected chi connectivity index (χ3v) is 6.89. The second-order valence-electron chi connectivity index (χ2n) is 9.67. The number of nitrogens with one attached hydrogen (secondary N) is 1. The van der Waals surface area contributed by atoms with Gasteiger partial charge >= 0.3 is 18.5 Å². The van der Waals surface area contributed by atoms with Crippen LogP contribution in [0.3, 0.4) is 0 Å². The molecule has 0 bridgehead atoms. The minimum Gasteiger partial charge on any atom is -0.373 e. The first-order chi connectivity index (χ1) is 19.0. The second-order valence-corrected chi connectivity index (χ2v) is 9.67. The lowest BCUT2D eigenvalue weighted by atomic mass is 9.81. The van der Waals surface area contributed by atoms with Gasteiger partial charge in [-0.1, -0.05) is 11.2 Å². The zero-order valence-corrected chi connectivity index (χ0v) is 21.8. The van der Waals surface area contributed by atoms with Crippen LogP contribution in [0.4, 0.5) is 45.5 Å². The van der Waals surface area contributed by atoms with Crippen molar-refractivity contribution in [1.82, 2.24) is 25.5 Å². The van der Waals surface area contributed by atoms with Gasteiger partial charge in [0, 0.05) is 20.2 Å². The summed E-state index contributed by atoms with van der Waals surface area (Å²) in [5.74, 6) is -0.210. The molecular formula is C25H25F9N6O. The van der Waals surface area contributed by atoms with E-state index in [-0.39, 0.29) is 17.6 Å². The van der Waals surface area contributed by atoms with E-state index in [4.69, 9.17) is 4.74 Å². The van der Waals surface area contributed by atoms with Gasteiger partial charge in [-0.15, -0.1) is 5.10 Å². The third kappa shape index (κ3) is 6.92. The number of tetrazole rings is 1. The molecule has 1 aliphatic heterocycles. The number of piperidine rings is 1. The van der Waals surface area contributed by atoms with Crippen LogP contribution in [0.1, 0.15) is 46.2 Å². The van der Waals surface area contributed by atoms with Crippen LogP contribution in [0.15, 0.2) is 36.4 Å². The Morgan fingerprint density at radius 2 is 1.44 bits per heavy atom. The summed E-state index contributed by atoms with van der Waals surface area (Å²) in [6, 6.07) is 4.20. The van der Waals surface area contributed by atoms with Gasteiger partial charge in [0.05, 0.1) is 29.3 Å². The molecule has 4 rings (SSSR count). The van der Waals surface area contributed by atoms with E-state index in [1.165, 1.54) is 25.1 Å². The fourth-order valence-corrected chi connectivity index (χ4v) is 4.89. The zero-order valence-electron chi connectivity index (χ0n) is 21.8. The minimum absolute atomic E-state index is 0.00121. The molecule has 224 valence electrons. The van der Waals surface area contributed by atoms with Gasteiger partial charge in [0.1, 0.15) is 0 Å². The molecule has 16 heteroatoms. The van der Waals surface area contributed by atoms with Gasteiger partial charge in [-0.3, -0.25) is 0 Å². The summed E-state index contributed by atoms with van der Waals surface area (Å²) in [6.07, 6.45) is -14.1. The molecule has 0 unspecified atom stereocenters. The lowest BCUT2D eigenvalue weighted by Crippen LogP contribution is -2.42. The number of aryl methyl sites for hydroxylation is 1. The molecule has 2 heterocycles. The van der Waals surface area contributed by atoms with Gasteiger partial charge in [0.15, 0.2) is 0 Å². The number of rotatable bonds is 7. The molecule has 1 aromatic heterocycles. The number of nitrogens with zero attached hydrogens (tertiary/aromatic N) is 5. The van der Waals surface area contributed by atoms with Gasteiger partial charge in [-0.25, -0.2) is 0 Å². The highest BCUT2D eigenvalue weighted by molar-refractivity contribution is 5.43. The highest BCUT2D eigenvalue weighted by atomic mass is 19.4. The average Bonchev–Trinajstić information content (AvgIpc) is 3.33. The van der Waals surface area contributed by atoms with E-state index in [9.17, 15) is 39.5 Å². The molecule has 0 spiro atoms. The molecule has 41 heavy (non-hydrogen) atoms. The number of benzene rings is 2. The quantitative estimate of drug-likeness (QED) is 0.353. The number of methoxy groups -OCH3 is 1. The Hall–Kier alpha value is -3.40. The van der Waals surface area contributed by atoms with Gasteiger partial charge in [-0.05, 0) is 78.2 Å². The number of ether oxygens (including phenoxy) is 1. The number of halogens is 9. The van der Waals surface area contributed by atoms with Gasteiger partial charge in [0.25, 0.3) is 5.95 Å². The maximum absolute atomic E-state index is 13.7. The van der Waals surface area contributed by atoms with Crippen molar-refractivity contribution in [2.24, 2.45) is 7.05 Å². The number of anilines is 1. The third-order valence-electron chi connectivity index (χ3n) is 6.89.